The summed E-state index contributed by atoms with van der Waals surface area (Å²) in [6.07, 6.45) is 10.1. The second-order valence-electron chi connectivity index (χ2n) is 14.8. The van der Waals surface area contributed by atoms with Gasteiger partial charge in [-0.3, -0.25) is 0 Å². The molecule has 0 radical (unpaired) electrons. The molecule has 5 heteroatoms. The molecule has 1 amide bonds. The Kier molecular flexibility index (Phi) is 6.66. The molecular weight excluding hydrogens is 498 g/mol. The highest BCUT2D eigenvalue weighted by Gasteiger charge is 2.63. The van der Waals surface area contributed by atoms with Crippen molar-refractivity contribution in [3.8, 4) is 0 Å². The van der Waals surface area contributed by atoms with Crippen molar-refractivity contribution in [2.24, 2.45) is 40.9 Å². The molecule has 2 aliphatic heterocycles. The highest BCUT2D eigenvalue weighted by atomic mass is 16.6. The third-order valence-electron chi connectivity index (χ3n) is 13.0. The van der Waals surface area contributed by atoms with Crippen molar-refractivity contribution >= 4 is 6.09 Å². The van der Waals surface area contributed by atoms with Crippen LogP contribution >= 0.6 is 0 Å². The van der Waals surface area contributed by atoms with Crippen molar-refractivity contribution in [1.82, 2.24) is 4.90 Å². The first-order chi connectivity index (χ1) is 19.2. The molecule has 5 nitrogen and oxygen atoms in total. The van der Waals surface area contributed by atoms with Crippen LogP contribution in [-0.4, -0.2) is 46.5 Å². The zero-order valence-corrected chi connectivity index (χ0v) is 25.0. The van der Waals surface area contributed by atoms with E-state index in [1.807, 2.05) is 35.2 Å². The Morgan fingerprint density at radius 2 is 1.90 bits per heavy atom. The first-order valence-electron chi connectivity index (χ1n) is 16.2. The fourth-order valence-corrected chi connectivity index (χ4v) is 10.9. The number of piperidine rings is 1. The molecule has 2 heterocycles. The van der Waals surface area contributed by atoms with Crippen molar-refractivity contribution < 1.29 is 19.4 Å². The van der Waals surface area contributed by atoms with Crippen LogP contribution in [0.3, 0.4) is 0 Å². The number of hydrogen-bond acceptors (Lipinski definition) is 4. The average Bonchev–Trinajstić information content (AvgIpc) is 3.47. The average molecular weight is 548 g/mol. The van der Waals surface area contributed by atoms with E-state index in [2.05, 4.69) is 27.7 Å². The SMILES string of the molecule is CC1=C2C[C@H]3C(CC[C@@H]4C[C@@H](O)CCC43C)[C@@H]2CCC12O[C@@H]1CC(C)CN(C(=O)OCc3ccccc3)C1[C@H]2C. The number of rotatable bonds is 2. The van der Waals surface area contributed by atoms with Gasteiger partial charge in [0.2, 0.25) is 0 Å². The maximum atomic E-state index is 13.5. The van der Waals surface area contributed by atoms with Crippen molar-refractivity contribution in [2.45, 2.75) is 116 Å². The molecule has 2 saturated heterocycles. The zero-order chi connectivity index (χ0) is 27.8. The third kappa shape index (κ3) is 4.04. The van der Waals surface area contributed by atoms with Crippen LogP contribution in [0.1, 0.15) is 91.0 Å². The number of amides is 1. The van der Waals surface area contributed by atoms with Gasteiger partial charge in [-0.2, -0.15) is 0 Å². The van der Waals surface area contributed by atoms with E-state index in [0.717, 1.165) is 49.6 Å². The maximum Gasteiger partial charge on any atom is 0.410 e. The Hall–Kier alpha value is -1.85. The minimum absolute atomic E-state index is 0.0667. The summed E-state index contributed by atoms with van der Waals surface area (Å²) >= 11 is 0. The summed E-state index contributed by atoms with van der Waals surface area (Å²) in [6, 6.07) is 10.1. The number of hydrogen-bond donors (Lipinski definition) is 1. The summed E-state index contributed by atoms with van der Waals surface area (Å²) in [5, 5.41) is 10.4. The standard InChI is InChI=1S/C35H49NO4/c1-21-16-31-32(36(19-21)33(38)39-20-24-8-6-5-7-9-24)23(3)35(40-31)15-13-27-28-11-10-25-17-26(37)12-14-34(25,4)30(28)18-29(27)22(35)2/h5-9,21,23,25-28,30-32,37H,10-20H2,1-4H3/t21?,23-,25-,26+,27+,28?,30+,31-,32?,34?,35?/m1/s1. The number of benzene rings is 1. The third-order valence-corrected chi connectivity index (χ3v) is 13.0. The fourth-order valence-electron chi connectivity index (χ4n) is 10.9. The maximum absolute atomic E-state index is 13.5. The van der Waals surface area contributed by atoms with E-state index < -0.39 is 0 Å². The molecule has 5 fully saturated rings. The van der Waals surface area contributed by atoms with Gasteiger partial charge in [-0.15, -0.1) is 0 Å². The number of aliphatic hydroxyl groups is 1. The summed E-state index contributed by atoms with van der Waals surface area (Å²) in [7, 11) is 0. The summed E-state index contributed by atoms with van der Waals surface area (Å²) in [6.45, 7) is 10.6. The number of nitrogens with zero attached hydrogens (tertiary/aromatic N) is 1. The van der Waals surface area contributed by atoms with Crippen LogP contribution in [0.2, 0.25) is 0 Å². The number of carbonyl (C=O) groups is 1. The first kappa shape index (κ1) is 27.0. The van der Waals surface area contributed by atoms with Gasteiger partial charge >= 0.3 is 6.09 Å². The Morgan fingerprint density at radius 3 is 2.70 bits per heavy atom. The number of ether oxygens (including phenoxy) is 2. The highest BCUT2D eigenvalue weighted by Crippen LogP contribution is 2.66. The highest BCUT2D eigenvalue weighted by molar-refractivity contribution is 5.68. The van der Waals surface area contributed by atoms with Gasteiger partial charge in [0.25, 0.3) is 0 Å². The van der Waals surface area contributed by atoms with Gasteiger partial charge in [0, 0.05) is 12.5 Å². The summed E-state index contributed by atoms with van der Waals surface area (Å²) in [5.41, 5.74) is 4.33. The Bertz CT molecular complexity index is 1170. The van der Waals surface area contributed by atoms with Crippen LogP contribution < -0.4 is 0 Å². The second-order valence-corrected chi connectivity index (χ2v) is 14.8. The van der Waals surface area contributed by atoms with Crippen molar-refractivity contribution in [3.05, 3.63) is 47.0 Å². The van der Waals surface area contributed by atoms with Gasteiger partial charge in [0.1, 0.15) is 6.61 Å². The van der Waals surface area contributed by atoms with Crippen LogP contribution in [0.15, 0.2) is 41.5 Å². The van der Waals surface area contributed by atoms with E-state index >= 15 is 0 Å². The van der Waals surface area contributed by atoms with Gasteiger partial charge in [-0.25, -0.2) is 4.79 Å². The molecular formula is C35H49NO4. The predicted molar refractivity (Wildman–Crippen MR) is 155 cm³/mol. The summed E-state index contributed by atoms with van der Waals surface area (Å²) in [4.78, 5) is 15.5. The molecule has 1 aromatic carbocycles. The molecule has 11 atom stereocenters. The van der Waals surface area contributed by atoms with Crippen LogP contribution in [0.25, 0.3) is 0 Å². The minimum atomic E-state index is -0.264. The van der Waals surface area contributed by atoms with Gasteiger partial charge < -0.3 is 19.5 Å². The molecule has 218 valence electrons. The van der Waals surface area contributed by atoms with Crippen LogP contribution in [-0.2, 0) is 16.1 Å². The largest absolute Gasteiger partial charge is 0.445 e. The zero-order valence-electron chi connectivity index (χ0n) is 25.0. The van der Waals surface area contributed by atoms with E-state index in [1.54, 1.807) is 5.57 Å². The molecule has 6 aliphatic rings. The molecule has 1 N–H and O–H groups in total. The second kappa shape index (κ2) is 9.87. The van der Waals surface area contributed by atoms with Crippen molar-refractivity contribution in [1.29, 1.82) is 0 Å². The van der Waals surface area contributed by atoms with Crippen molar-refractivity contribution in [3.63, 3.8) is 0 Å². The molecule has 7 rings (SSSR count). The van der Waals surface area contributed by atoms with Gasteiger partial charge in [-0.1, -0.05) is 56.7 Å². The molecule has 5 unspecified atom stereocenters. The quantitative estimate of drug-likeness (QED) is 0.400. The molecule has 4 aliphatic carbocycles. The van der Waals surface area contributed by atoms with Crippen LogP contribution in [0.4, 0.5) is 4.79 Å². The van der Waals surface area contributed by atoms with E-state index in [0.29, 0.717) is 29.8 Å². The molecule has 3 saturated carbocycles. The Labute approximate surface area is 240 Å². The van der Waals surface area contributed by atoms with E-state index in [-0.39, 0.29) is 35.9 Å². The van der Waals surface area contributed by atoms with Crippen molar-refractivity contribution in [2.75, 3.05) is 6.54 Å². The first-order valence-corrected chi connectivity index (χ1v) is 16.2. The van der Waals surface area contributed by atoms with E-state index in [1.165, 1.54) is 37.7 Å². The number of likely N-dealkylation sites (tertiary alicyclic amines) is 1. The lowest BCUT2D eigenvalue weighted by Gasteiger charge is -2.53. The van der Waals surface area contributed by atoms with Crippen LogP contribution in [0, 0.1) is 40.9 Å². The summed E-state index contributed by atoms with van der Waals surface area (Å²) < 4.78 is 13.1. The number of allylic oxidation sites excluding steroid dienone is 1. The van der Waals surface area contributed by atoms with Gasteiger partial charge in [0.15, 0.2) is 0 Å². The fraction of sp³-hybridized carbons (Fsp3) is 0.743. The lowest BCUT2D eigenvalue weighted by atomic mass is 9.52. The number of carbonyl (C=O) groups excluding carboxylic acids is 1. The lowest BCUT2D eigenvalue weighted by molar-refractivity contribution is -0.0742. The number of fused-ring (bicyclic) bond motifs is 6. The smallest absolute Gasteiger partial charge is 0.410 e. The molecule has 1 aromatic rings. The molecule has 40 heavy (non-hydrogen) atoms. The predicted octanol–water partition coefficient (Wildman–Crippen LogP) is 7.13. The Morgan fingerprint density at radius 1 is 1.10 bits per heavy atom. The summed E-state index contributed by atoms with van der Waals surface area (Å²) in [5.74, 6) is 3.55. The van der Waals surface area contributed by atoms with Crippen LogP contribution in [0.5, 0.6) is 0 Å². The normalized spacial score (nSPS) is 46.0. The monoisotopic (exact) mass is 547 g/mol. The number of aliphatic hydroxyl groups excluding tert-OH is 1. The molecule has 0 aromatic heterocycles. The van der Waals surface area contributed by atoms with E-state index in [9.17, 15) is 9.90 Å². The topological polar surface area (TPSA) is 59.0 Å². The molecule has 0 bridgehead atoms. The Balaban J connectivity index is 1.15. The van der Waals surface area contributed by atoms with Gasteiger partial charge in [0.05, 0.1) is 23.9 Å². The molecule has 1 spiro atoms. The van der Waals surface area contributed by atoms with E-state index in [4.69, 9.17) is 9.47 Å². The van der Waals surface area contributed by atoms with Gasteiger partial charge in [-0.05, 0) is 111 Å². The lowest BCUT2D eigenvalue weighted by Crippen LogP contribution is -2.54. The minimum Gasteiger partial charge on any atom is -0.445 e.